The molecule has 0 amide bonds. The van der Waals surface area contributed by atoms with Crippen LogP contribution >= 0.6 is 11.6 Å². The minimum atomic E-state index is -0.856. The van der Waals surface area contributed by atoms with Crippen LogP contribution in [-0.2, 0) is 14.3 Å². The number of rotatable bonds is 1. The molecule has 58 valence electrons. The number of ether oxygens (including phenoxy) is 2. The quantitative estimate of drug-likeness (QED) is 0.427. The highest BCUT2D eigenvalue weighted by Gasteiger charge is 2.41. The second kappa shape index (κ2) is 2.49. The monoisotopic (exact) mass is 164 g/mol. The summed E-state index contributed by atoms with van der Waals surface area (Å²) >= 11 is 5.79. The molecule has 1 rings (SSSR count). The fourth-order valence-electron chi connectivity index (χ4n) is 0.733. The smallest absolute Gasteiger partial charge is 0.216 e. The summed E-state index contributed by atoms with van der Waals surface area (Å²) in [6.07, 6.45) is -0.453. The fourth-order valence-corrected chi connectivity index (χ4v) is 0.873. The molecule has 0 radical (unpaired) electrons. The van der Waals surface area contributed by atoms with Gasteiger partial charge < -0.3 is 9.47 Å². The molecule has 3 unspecified atom stereocenters. The van der Waals surface area contributed by atoms with Gasteiger partial charge in [0.2, 0.25) is 6.29 Å². The maximum atomic E-state index is 10.1. The lowest BCUT2D eigenvalue weighted by Crippen LogP contribution is -2.26. The summed E-state index contributed by atoms with van der Waals surface area (Å²) in [6, 6.07) is 0. The van der Waals surface area contributed by atoms with Crippen molar-refractivity contribution in [2.45, 2.75) is 31.3 Å². The van der Waals surface area contributed by atoms with E-state index in [1.165, 1.54) is 0 Å². The topological polar surface area (TPSA) is 35.5 Å². The van der Waals surface area contributed by atoms with Crippen molar-refractivity contribution >= 4 is 17.9 Å². The third-order valence-corrected chi connectivity index (χ3v) is 1.92. The van der Waals surface area contributed by atoms with Crippen molar-refractivity contribution in [2.24, 2.45) is 0 Å². The maximum Gasteiger partial charge on any atom is 0.216 e. The molecule has 0 spiro atoms. The zero-order chi connectivity index (χ0) is 7.78. The third kappa shape index (κ3) is 1.31. The van der Waals surface area contributed by atoms with E-state index < -0.39 is 11.4 Å². The van der Waals surface area contributed by atoms with Gasteiger partial charge in [-0.2, -0.15) is 0 Å². The summed E-state index contributed by atoms with van der Waals surface area (Å²) in [5, 5.41) is -0.856. The zero-order valence-electron chi connectivity index (χ0n) is 5.83. The molecular formula is C6H9ClO3. The Balaban J connectivity index is 2.61. The molecule has 1 heterocycles. The van der Waals surface area contributed by atoms with E-state index >= 15 is 0 Å². The van der Waals surface area contributed by atoms with E-state index in [9.17, 15) is 4.79 Å². The maximum absolute atomic E-state index is 10.1. The zero-order valence-corrected chi connectivity index (χ0v) is 6.59. The van der Waals surface area contributed by atoms with E-state index in [0.29, 0.717) is 6.29 Å². The van der Waals surface area contributed by atoms with Crippen molar-refractivity contribution in [3.05, 3.63) is 0 Å². The van der Waals surface area contributed by atoms with Gasteiger partial charge in [0, 0.05) is 0 Å². The van der Waals surface area contributed by atoms with Crippen LogP contribution in [0.5, 0.6) is 0 Å². The van der Waals surface area contributed by atoms with Crippen molar-refractivity contribution in [1.29, 1.82) is 0 Å². The van der Waals surface area contributed by atoms with Crippen LogP contribution in [0.3, 0.4) is 0 Å². The summed E-state index contributed by atoms with van der Waals surface area (Å²) in [7, 11) is 0. The molecule has 1 saturated heterocycles. The Hall–Kier alpha value is -0.120. The first kappa shape index (κ1) is 7.98. The predicted octanol–water partition coefficient (Wildman–Crippen LogP) is 0.902. The van der Waals surface area contributed by atoms with Crippen molar-refractivity contribution < 1.29 is 14.3 Å². The Morgan fingerprint density at radius 3 is 2.50 bits per heavy atom. The van der Waals surface area contributed by atoms with Crippen LogP contribution in [0.25, 0.3) is 0 Å². The Morgan fingerprint density at radius 1 is 1.70 bits per heavy atom. The average molecular weight is 165 g/mol. The summed E-state index contributed by atoms with van der Waals surface area (Å²) in [5.41, 5.74) is 0. The molecule has 0 aromatic rings. The first-order valence-electron chi connectivity index (χ1n) is 3.04. The predicted molar refractivity (Wildman–Crippen MR) is 35.7 cm³/mol. The lowest BCUT2D eigenvalue weighted by Gasteiger charge is -2.15. The molecule has 0 N–H and O–H groups in total. The van der Waals surface area contributed by atoms with E-state index in [1.54, 1.807) is 13.8 Å². The molecule has 1 aliphatic rings. The molecule has 1 aliphatic heterocycles. The molecule has 0 aromatic carbocycles. The van der Waals surface area contributed by atoms with Gasteiger partial charge in [-0.05, 0) is 13.8 Å². The number of halogens is 1. The molecule has 10 heavy (non-hydrogen) atoms. The second-order valence-corrected chi connectivity index (χ2v) is 3.14. The Bertz CT molecular complexity index is 146. The largest absolute Gasteiger partial charge is 0.339 e. The van der Waals surface area contributed by atoms with E-state index in [0.717, 1.165) is 0 Å². The lowest BCUT2D eigenvalue weighted by atomic mass is 10.3. The molecule has 0 aromatic heterocycles. The number of hydrogen-bond donors (Lipinski definition) is 0. The van der Waals surface area contributed by atoms with Gasteiger partial charge in [-0.1, -0.05) is 11.6 Å². The molecule has 1 fully saturated rings. The molecule has 3 nitrogen and oxygen atoms in total. The number of carbonyl (C=O) groups excluding carboxylic acids is 1. The number of alkyl halides is 1. The third-order valence-electron chi connectivity index (χ3n) is 1.52. The summed E-state index contributed by atoms with van der Waals surface area (Å²) in [5.74, 6) is 0. The average Bonchev–Trinajstić information content (AvgIpc) is 2.08. The van der Waals surface area contributed by atoms with E-state index in [-0.39, 0.29) is 6.10 Å². The standard InChI is InChI=1S/C6H9ClO3/c1-4-6(2,7)10-5(3-8)9-4/h3-5H,1-2H3. The van der Waals surface area contributed by atoms with Gasteiger partial charge in [-0.3, -0.25) is 4.79 Å². The van der Waals surface area contributed by atoms with E-state index in [1.807, 2.05) is 0 Å². The Morgan fingerprint density at radius 2 is 2.30 bits per heavy atom. The van der Waals surface area contributed by atoms with Gasteiger partial charge in [0.1, 0.15) is 6.10 Å². The molecule has 0 saturated carbocycles. The highest BCUT2D eigenvalue weighted by Crippen LogP contribution is 2.31. The highest BCUT2D eigenvalue weighted by molar-refractivity contribution is 6.23. The van der Waals surface area contributed by atoms with E-state index in [4.69, 9.17) is 21.1 Å². The van der Waals surface area contributed by atoms with Crippen LogP contribution < -0.4 is 0 Å². The Kier molecular flexibility index (Phi) is 1.99. The normalized spacial score (nSPS) is 47.5. The Labute approximate surface area is 64.3 Å². The number of aldehydes is 1. The minimum Gasteiger partial charge on any atom is -0.339 e. The van der Waals surface area contributed by atoms with Gasteiger partial charge in [0.15, 0.2) is 11.3 Å². The van der Waals surface area contributed by atoms with Crippen LogP contribution in [0, 0.1) is 0 Å². The van der Waals surface area contributed by atoms with Crippen molar-refractivity contribution in [3.63, 3.8) is 0 Å². The minimum absolute atomic E-state index is 0.246. The van der Waals surface area contributed by atoms with Crippen molar-refractivity contribution in [2.75, 3.05) is 0 Å². The summed E-state index contributed by atoms with van der Waals surface area (Å²) in [6.45, 7) is 3.43. The summed E-state index contributed by atoms with van der Waals surface area (Å²) in [4.78, 5) is 10.1. The first-order valence-corrected chi connectivity index (χ1v) is 3.41. The lowest BCUT2D eigenvalue weighted by molar-refractivity contribution is -0.135. The molecule has 4 heteroatoms. The second-order valence-electron chi connectivity index (χ2n) is 2.39. The van der Waals surface area contributed by atoms with Crippen LogP contribution in [0.4, 0.5) is 0 Å². The van der Waals surface area contributed by atoms with Gasteiger partial charge in [0.05, 0.1) is 0 Å². The van der Waals surface area contributed by atoms with Crippen molar-refractivity contribution in [1.82, 2.24) is 0 Å². The molecule has 0 bridgehead atoms. The first-order chi connectivity index (χ1) is 4.56. The molecule has 3 atom stereocenters. The van der Waals surface area contributed by atoms with Crippen molar-refractivity contribution in [3.8, 4) is 0 Å². The number of carbonyl (C=O) groups is 1. The highest BCUT2D eigenvalue weighted by atomic mass is 35.5. The van der Waals surface area contributed by atoms with Gasteiger partial charge >= 0.3 is 0 Å². The van der Waals surface area contributed by atoms with E-state index in [2.05, 4.69) is 0 Å². The van der Waals surface area contributed by atoms with Gasteiger partial charge in [0.25, 0.3) is 0 Å². The van der Waals surface area contributed by atoms with Crippen LogP contribution in [0.2, 0.25) is 0 Å². The van der Waals surface area contributed by atoms with Gasteiger partial charge in [-0.15, -0.1) is 0 Å². The molecular weight excluding hydrogens is 156 g/mol. The molecule has 0 aliphatic carbocycles. The fraction of sp³-hybridized carbons (Fsp3) is 0.833. The number of hydrogen-bond acceptors (Lipinski definition) is 3. The van der Waals surface area contributed by atoms with Crippen LogP contribution in [0.1, 0.15) is 13.8 Å². The van der Waals surface area contributed by atoms with Crippen LogP contribution in [-0.4, -0.2) is 23.7 Å². The SMILES string of the molecule is CC1OC(C=O)OC1(C)Cl. The summed E-state index contributed by atoms with van der Waals surface area (Å²) < 4.78 is 9.99. The van der Waals surface area contributed by atoms with Gasteiger partial charge in [-0.25, -0.2) is 0 Å². The van der Waals surface area contributed by atoms with Crippen LogP contribution in [0.15, 0.2) is 0 Å².